The fraction of sp³-hybridized carbons (Fsp3) is 0.296. The van der Waals surface area contributed by atoms with Gasteiger partial charge >= 0.3 is 0 Å². The number of carbonyl (C=O) groups excluding carboxylic acids is 1. The van der Waals surface area contributed by atoms with E-state index in [9.17, 15) is 13.2 Å². The molecule has 0 bridgehead atoms. The largest absolute Gasteiger partial charge is 0.454 e. The second kappa shape index (κ2) is 11.9. The maximum absolute atomic E-state index is 13.6. The minimum absolute atomic E-state index is 0.0245. The summed E-state index contributed by atoms with van der Waals surface area (Å²) in [5.74, 6) is 1.19. The molecule has 0 unspecified atom stereocenters. The molecule has 0 atom stereocenters. The fourth-order valence-corrected chi connectivity index (χ4v) is 6.55. The van der Waals surface area contributed by atoms with E-state index in [1.54, 1.807) is 23.1 Å². The molecule has 0 aliphatic carbocycles. The highest BCUT2D eigenvalue weighted by atomic mass is 35.5. The number of hydrogen-bond donors (Lipinski definition) is 0. The number of benzene rings is 3. The van der Waals surface area contributed by atoms with E-state index >= 15 is 0 Å². The van der Waals surface area contributed by atoms with Crippen molar-refractivity contribution in [2.24, 2.45) is 0 Å². The van der Waals surface area contributed by atoms with E-state index in [-0.39, 0.29) is 30.7 Å². The Morgan fingerprint density at radius 3 is 2.23 bits per heavy atom. The van der Waals surface area contributed by atoms with Gasteiger partial charge in [0.25, 0.3) is 0 Å². The first kappa shape index (κ1) is 28.0. The molecule has 206 valence electrons. The van der Waals surface area contributed by atoms with Crippen LogP contribution in [0.5, 0.6) is 11.5 Å². The van der Waals surface area contributed by atoms with E-state index < -0.39 is 10.0 Å². The lowest BCUT2D eigenvalue weighted by molar-refractivity contribution is -0.133. The number of ether oxygens (including phenoxy) is 2. The normalized spacial score (nSPS) is 15.6. The van der Waals surface area contributed by atoms with E-state index in [4.69, 9.17) is 44.3 Å². The highest BCUT2D eigenvalue weighted by Crippen LogP contribution is 2.33. The molecule has 0 aromatic heterocycles. The van der Waals surface area contributed by atoms with E-state index in [0.717, 1.165) is 21.4 Å². The average molecular weight is 611 g/mol. The van der Waals surface area contributed by atoms with Crippen LogP contribution >= 0.6 is 34.8 Å². The Labute approximate surface area is 242 Å². The smallest absolute Gasteiger partial charge is 0.243 e. The predicted octanol–water partition coefficient (Wildman–Crippen LogP) is 4.91. The van der Waals surface area contributed by atoms with Crippen molar-refractivity contribution >= 4 is 50.7 Å². The van der Waals surface area contributed by atoms with Gasteiger partial charge in [-0.05, 0) is 54.1 Å². The molecule has 39 heavy (non-hydrogen) atoms. The Bertz CT molecular complexity index is 1440. The van der Waals surface area contributed by atoms with Crippen LogP contribution in [0.15, 0.2) is 65.6 Å². The number of nitrogens with zero attached hydrogens (tertiary/aromatic N) is 3. The van der Waals surface area contributed by atoms with Gasteiger partial charge in [-0.3, -0.25) is 9.69 Å². The molecule has 0 saturated carbocycles. The van der Waals surface area contributed by atoms with E-state index in [1.165, 1.54) is 24.3 Å². The van der Waals surface area contributed by atoms with Gasteiger partial charge < -0.3 is 14.4 Å². The lowest BCUT2D eigenvalue weighted by Crippen LogP contribution is -2.51. The molecule has 2 aliphatic rings. The summed E-state index contributed by atoms with van der Waals surface area (Å²) in [4.78, 5) is 17.3. The molecule has 8 nitrogen and oxygen atoms in total. The van der Waals surface area contributed by atoms with Crippen LogP contribution in [0.4, 0.5) is 0 Å². The molecule has 2 heterocycles. The third-order valence-corrected chi connectivity index (χ3v) is 9.49. The third-order valence-electron chi connectivity index (χ3n) is 6.73. The number of sulfonamides is 1. The second-order valence-corrected chi connectivity index (χ2v) is 12.5. The number of fused-ring (bicyclic) bond motifs is 1. The maximum atomic E-state index is 13.6. The van der Waals surface area contributed by atoms with Crippen molar-refractivity contribution in [1.29, 1.82) is 0 Å². The van der Waals surface area contributed by atoms with Crippen LogP contribution in [0.3, 0.4) is 0 Å². The Morgan fingerprint density at radius 1 is 0.872 bits per heavy atom. The third kappa shape index (κ3) is 6.45. The average Bonchev–Trinajstić information content (AvgIpc) is 3.39. The zero-order valence-corrected chi connectivity index (χ0v) is 23.9. The van der Waals surface area contributed by atoms with Crippen LogP contribution in [0, 0.1) is 0 Å². The first-order valence-corrected chi connectivity index (χ1v) is 14.9. The number of carbonyl (C=O) groups is 1. The molecule has 2 aliphatic heterocycles. The Balaban J connectivity index is 1.28. The van der Waals surface area contributed by atoms with Crippen LogP contribution in [-0.2, 0) is 27.9 Å². The van der Waals surface area contributed by atoms with Crippen molar-refractivity contribution in [2.45, 2.75) is 18.0 Å². The maximum Gasteiger partial charge on any atom is 0.243 e. The van der Waals surface area contributed by atoms with Crippen LogP contribution in [-0.4, -0.2) is 67.9 Å². The standard InChI is InChI=1S/C27H26Cl3N3O5S/c28-20-5-7-21(8-6-20)39(35,36)33(16-22-23(29)2-1-3-24(22)30)17-27(34)32-12-10-31(11-13-32)15-19-4-9-25-26(14-19)38-18-37-25/h1-9,14H,10-13,15-18H2. The van der Waals surface area contributed by atoms with Gasteiger partial charge in [-0.15, -0.1) is 0 Å². The topological polar surface area (TPSA) is 79.4 Å². The van der Waals surface area contributed by atoms with E-state index in [2.05, 4.69) is 4.90 Å². The van der Waals surface area contributed by atoms with Gasteiger partial charge in [0.15, 0.2) is 11.5 Å². The minimum Gasteiger partial charge on any atom is -0.454 e. The molecular formula is C27H26Cl3N3O5S. The van der Waals surface area contributed by atoms with Gasteiger partial charge in [-0.2, -0.15) is 4.31 Å². The molecule has 0 radical (unpaired) electrons. The van der Waals surface area contributed by atoms with E-state index in [0.29, 0.717) is 53.4 Å². The summed E-state index contributed by atoms with van der Waals surface area (Å²) in [7, 11) is -4.06. The van der Waals surface area contributed by atoms with Crippen molar-refractivity contribution in [2.75, 3.05) is 39.5 Å². The molecule has 0 N–H and O–H groups in total. The molecule has 3 aromatic carbocycles. The molecular weight excluding hydrogens is 585 g/mol. The predicted molar refractivity (Wildman–Crippen MR) is 150 cm³/mol. The van der Waals surface area contributed by atoms with Crippen LogP contribution in [0.1, 0.15) is 11.1 Å². The van der Waals surface area contributed by atoms with Gasteiger partial charge in [0.1, 0.15) is 0 Å². The summed E-state index contributed by atoms with van der Waals surface area (Å²) in [5.41, 5.74) is 1.52. The molecule has 0 spiro atoms. The van der Waals surface area contributed by atoms with Crippen molar-refractivity contribution in [3.05, 3.63) is 86.9 Å². The minimum atomic E-state index is -4.06. The molecule has 12 heteroatoms. The summed E-state index contributed by atoms with van der Waals surface area (Å²) < 4.78 is 39.2. The first-order valence-electron chi connectivity index (χ1n) is 12.3. The molecule has 5 rings (SSSR count). The summed E-state index contributed by atoms with van der Waals surface area (Å²) in [6, 6.07) is 16.7. The van der Waals surface area contributed by atoms with Crippen molar-refractivity contribution in [3.8, 4) is 11.5 Å². The molecule has 1 amide bonds. The number of rotatable bonds is 8. The van der Waals surface area contributed by atoms with Gasteiger partial charge in [0.05, 0.1) is 11.4 Å². The van der Waals surface area contributed by atoms with Crippen molar-refractivity contribution in [1.82, 2.24) is 14.1 Å². The lowest BCUT2D eigenvalue weighted by atomic mass is 10.1. The summed E-state index contributed by atoms with van der Waals surface area (Å²) in [6.07, 6.45) is 0. The highest BCUT2D eigenvalue weighted by molar-refractivity contribution is 7.89. The zero-order chi connectivity index (χ0) is 27.6. The van der Waals surface area contributed by atoms with E-state index in [1.807, 2.05) is 18.2 Å². The Hall–Kier alpha value is -2.53. The fourth-order valence-electron chi connectivity index (χ4n) is 4.54. The van der Waals surface area contributed by atoms with Gasteiger partial charge in [-0.1, -0.05) is 46.9 Å². The molecule has 1 saturated heterocycles. The number of hydrogen-bond acceptors (Lipinski definition) is 6. The Morgan fingerprint density at radius 2 is 1.54 bits per heavy atom. The SMILES string of the molecule is O=C(CN(Cc1c(Cl)cccc1Cl)S(=O)(=O)c1ccc(Cl)cc1)N1CCN(Cc2ccc3c(c2)OCO3)CC1. The molecule has 3 aromatic rings. The molecule has 1 fully saturated rings. The lowest BCUT2D eigenvalue weighted by Gasteiger charge is -2.35. The van der Waals surface area contributed by atoms with Crippen molar-refractivity contribution < 1.29 is 22.7 Å². The van der Waals surface area contributed by atoms with Crippen LogP contribution < -0.4 is 9.47 Å². The summed E-state index contributed by atoms with van der Waals surface area (Å²) in [6.45, 7) is 2.69. The Kier molecular flexibility index (Phi) is 8.56. The number of halogens is 3. The summed E-state index contributed by atoms with van der Waals surface area (Å²) >= 11 is 18.7. The van der Waals surface area contributed by atoms with Crippen LogP contribution in [0.2, 0.25) is 15.1 Å². The van der Waals surface area contributed by atoms with Crippen molar-refractivity contribution in [3.63, 3.8) is 0 Å². The van der Waals surface area contributed by atoms with Gasteiger partial charge in [0, 0.05) is 59.9 Å². The number of piperazine rings is 1. The summed E-state index contributed by atoms with van der Waals surface area (Å²) in [5, 5.41) is 1.05. The van der Waals surface area contributed by atoms with Gasteiger partial charge in [-0.25, -0.2) is 8.42 Å². The second-order valence-electron chi connectivity index (χ2n) is 9.27. The quantitative estimate of drug-likeness (QED) is 0.361. The van der Waals surface area contributed by atoms with Crippen LogP contribution in [0.25, 0.3) is 0 Å². The highest BCUT2D eigenvalue weighted by Gasteiger charge is 2.31. The first-order chi connectivity index (χ1) is 18.7. The van der Waals surface area contributed by atoms with Gasteiger partial charge in [0.2, 0.25) is 22.7 Å². The number of amides is 1. The zero-order valence-electron chi connectivity index (χ0n) is 20.9. The monoisotopic (exact) mass is 609 g/mol.